The van der Waals surface area contributed by atoms with Crippen LogP contribution in [0.1, 0.15) is 21.5 Å². The Balaban J connectivity index is 1.65. The van der Waals surface area contributed by atoms with Crippen LogP contribution >= 0.6 is 0 Å². The molecule has 0 spiro atoms. The lowest BCUT2D eigenvalue weighted by Gasteiger charge is -2.23. The summed E-state index contributed by atoms with van der Waals surface area (Å²) in [7, 11) is 0. The fourth-order valence-electron chi connectivity index (χ4n) is 2.92. The molecule has 0 heterocycles. The number of aldehydes is 1. The first-order valence-corrected chi connectivity index (χ1v) is 9.28. The molecule has 0 radical (unpaired) electrons. The third-order valence-electron chi connectivity index (χ3n) is 4.44. The van der Waals surface area contributed by atoms with Gasteiger partial charge in [0.25, 0.3) is 5.91 Å². The van der Waals surface area contributed by atoms with Gasteiger partial charge in [-0.3, -0.25) is 9.59 Å². The molecule has 4 heteroatoms. The molecule has 4 nitrogen and oxygen atoms in total. The molecule has 0 fully saturated rings. The summed E-state index contributed by atoms with van der Waals surface area (Å²) in [6, 6.07) is 26.8. The average Bonchev–Trinajstić information content (AvgIpc) is 2.76. The predicted molar refractivity (Wildman–Crippen MR) is 109 cm³/mol. The maximum absolute atomic E-state index is 12.8. The summed E-state index contributed by atoms with van der Waals surface area (Å²) >= 11 is 0. The zero-order valence-electron chi connectivity index (χ0n) is 15.7. The molecule has 0 unspecified atom stereocenters. The highest BCUT2D eigenvalue weighted by atomic mass is 16.5. The first-order valence-electron chi connectivity index (χ1n) is 9.28. The van der Waals surface area contributed by atoms with Gasteiger partial charge in [-0.15, -0.1) is 0 Å². The second kappa shape index (κ2) is 10.1. The van der Waals surface area contributed by atoms with Crippen molar-refractivity contribution < 1.29 is 14.3 Å². The van der Waals surface area contributed by atoms with Gasteiger partial charge < -0.3 is 9.64 Å². The lowest BCUT2D eigenvalue weighted by Crippen LogP contribution is -2.36. The zero-order valence-corrected chi connectivity index (χ0v) is 15.7. The van der Waals surface area contributed by atoms with E-state index in [1.54, 1.807) is 24.3 Å². The second-order valence-electron chi connectivity index (χ2n) is 6.52. The molecule has 0 atom stereocenters. The summed E-state index contributed by atoms with van der Waals surface area (Å²) in [4.78, 5) is 25.5. The summed E-state index contributed by atoms with van der Waals surface area (Å²) in [6.07, 6.45) is 1.54. The second-order valence-corrected chi connectivity index (χ2v) is 6.52. The molecule has 3 aromatic carbocycles. The summed E-state index contributed by atoms with van der Waals surface area (Å²) in [5.41, 5.74) is 2.79. The van der Waals surface area contributed by atoms with Crippen LogP contribution in [-0.4, -0.2) is 30.2 Å². The molecular weight excluding hydrogens is 350 g/mol. The van der Waals surface area contributed by atoms with Crippen molar-refractivity contribution >= 4 is 12.2 Å². The topological polar surface area (TPSA) is 46.6 Å². The van der Waals surface area contributed by atoms with Gasteiger partial charge in [0.15, 0.2) is 6.61 Å². The largest absolute Gasteiger partial charge is 0.484 e. The van der Waals surface area contributed by atoms with E-state index < -0.39 is 0 Å². The highest BCUT2D eigenvalue weighted by Crippen LogP contribution is 2.13. The number of amides is 1. The minimum atomic E-state index is -0.0868. The molecule has 1 amide bonds. The van der Waals surface area contributed by atoms with Crippen molar-refractivity contribution in [3.8, 4) is 5.75 Å². The number of nitrogens with zero attached hydrogens (tertiary/aromatic N) is 1. The quantitative estimate of drug-likeness (QED) is 0.530. The number of rotatable bonds is 9. The normalized spacial score (nSPS) is 10.3. The maximum atomic E-state index is 12.8. The van der Waals surface area contributed by atoms with Crippen molar-refractivity contribution in [1.29, 1.82) is 0 Å². The molecule has 142 valence electrons. The molecule has 0 aromatic heterocycles. The summed E-state index contributed by atoms with van der Waals surface area (Å²) in [5, 5.41) is 0. The minimum absolute atomic E-state index is 0.0655. The fraction of sp³-hybridized carbons (Fsp3) is 0.167. The van der Waals surface area contributed by atoms with E-state index in [9.17, 15) is 9.59 Å². The summed E-state index contributed by atoms with van der Waals surface area (Å²) in [6.45, 7) is 1.07. The van der Waals surface area contributed by atoms with Crippen molar-refractivity contribution in [2.45, 2.75) is 13.0 Å². The van der Waals surface area contributed by atoms with Crippen LogP contribution in [0.2, 0.25) is 0 Å². The number of benzene rings is 3. The molecule has 3 rings (SSSR count). The van der Waals surface area contributed by atoms with E-state index in [1.807, 2.05) is 53.4 Å². The smallest absolute Gasteiger partial charge is 0.260 e. The Morgan fingerprint density at radius 3 is 2.21 bits per heavy atom. The predicted octanol–water partition coefficient (Wildman–Crippen LogP) is 4.15. The zero-order chi connectivity index (χ0) is 19.6. The Morgan fingerprint density at radius 2 is 1.54 bits per heavy atom. The van der Waals surface area contributed by atoms with Crippen molar-refractivity contribution in [1.82, 2.24) is 4.90 Å². The number of ether oxygens (including phenoxy) is 1. The van der Waals surface area contributed by atoms with Crippen LogP contribution in [0.15, 0.2) is 84.9 Å². The van der Waals surface area contributed by atoms with Crippen LogP contribution < -0.4 is 4.74 Å². The van der Waals surface area contributed by atoms with Gasteiger partial charge in [0.2, 0.25) is 0 Å². The molecule has 0 aliphatic heterocycles. The average molecular weight is 373 g/mol. The molecule has 3 aromatic rings. The third kappa shape index (κ3) is 5.81. The molecule has 0 aliphatic carbocycles. The Hall–Kier alpha value is -3.40. The van der Waals surface area contributed by atoms with E-state index in [4.69, 9.17) is 4.74 Å². The van der Waals surface area contributed by atoms with Crippen molar-refractivity contribution in [3.05, 3.63) is 102 Å². The molecule has 28 heavy (non-hydrogen) atoms. The highest BCUT2D eigenvalue weighted by Gasteiger charge is 2.15. The van der Waals surface area contributed by atoms with E-state index in [0.29, 0.717) is 24.4 Å². The van der Waals surface area contributed by atoms with Gasteiger partial charge in [0.05, 0.1) is 0 Å². The molecule has 0 N–H and O–H groups in total. The number of hydrogen-bond donors (Lipinski definition) is 0. The molecule has 0 saturated carbocycles. The Kier molecular flexibility index (Phi) is 6.96. The first kappa shape index (κ1) is 19.4. The molecule has 0 saturated heterocycles. The van der Waals surface area contributed by atoms with Crippen LogP contribution in [0.3, 0.4) is 0 Å². The Labute approximate surface area is 165 Å². The van der Waals surface area contributed by atoms with Crippen molar-refractivity contribution in [2.75, 3.05) is 13.2 Å². The SMILES string of the molecule is O=Cc1cccc(OCC(=O)N(CCc2ccccc2)Cc2ccccc2)c1. The number of carbonyl (C=O) groups excluding carboxylic acids is 2. The lowest BCUT2D eigenvalue weighted by atomic mass is 10.1. The molecule has 0 aliphatic rings. The van der Waals surface area contributed by atoms with Crippen LogP contribution in [0.4, 0.5) is 0 Å². The van der Waals surface area contributed by atoms with Gasteiger partial charge in [0.1, 0.15) is 12.0 Å². The van der Waals surface area contributed by atoms with Gasteiger partial charge in [-0.2, -0.15) is 0 Å². The van der Waals surface area contributed by atoms with Gasteiger partial charge in [-0.05, 0) is 29.7 Å². The lowest BCUT2D eigenvalue weighted by molar-refractivity contribution is -0.134. The first-order chi connectivity index (χ1) is 13.7. The highest BCUT2D eigenvalue weighted by molar-refractivity contribution is 5.78. The van der Waals surface area contributed by atoms with Crippen molar-refractivity contribution in [2.24, 2.45) is 0 Å². The Morgan fingerprint density at radius 1 is 0.857 bits per heavy atom. The van der Waals surface area contributed by atoms with Gasteiger partial charge in [0, 0.05) is 18.7 Å². The summed E-state index contributed by atoms with van der Waals surface area (Å²) < 4.78 is 5.63. The van der Waals surface area contributed by atoms with Crippen LogP contribution in [0.5, 0.6) is 5.75 Å². The monoisotopic (exact) mass is 373 g/mol. The molecule has 0 bridgehead atoms. The van der Waals surface area contributed by atoms with E-state index >= 15 is 0 Å². The van der Waals surface area contributed by atoms with Crippen LogP contribution in [-0.2, 0) is 17.8 Å². The minimum Gasteiger partial charge on any atom is -0.484 e. The van der Waals surface area contributed by atoms with Crippen LogP contribution in [0.25, 0.3) is 0 Å². The standard InChI is InChI=1S/C24H23NO3/c26-18-22-12-7-13-23(16-22)28-19-24(27)25(17-21-10-5-2-6-11-21)15-14-20-8-3-1-4-9-20/h1-13,16,18H,14-15,17,19H2. The van der Waals surface area contributed by atoms with Crippen LogP contribution in [0, 0.1) is 0 Å². The Bertz CT molecular complexity index is 894. The summed E-state index contributed by atoms with van der Waals surface area (Å²) in [5.74, 6) is 0.428. The van der Waals surface area contributed by atoms with E-state index in [1.165, 1.54) is 5.56 Å². The number of hydrogen-bond acceptors (Lipinski definition) is 3. The van der Waals surface area contributed by atoms with E-state index in [0.717, 1.165) is 18.3 Å². The van der Waals surface area contributed by atoms with Crippen molar-refractivity contribution in [3.63, 3.8) is 0 Å². The van der Waals surface area contributed by atoms with Gasteiger partial charge in [-0.25, -0.2) is 0 Å². The van der Waals surface area contributed by atoms with Gasteiger partial charge in [-0.1, -0.05) is 72.8 Å². The fourth-order valence-corrected chi connectivity index (χ4v) is 2.92. The number of carbonyl (C=O) groups is 2. The van der Waals surface area contributed by atoms with Gasteiger partial charge >= 0.3 is 0 Å². The van der Waals surface area contributed by atoms with E-state index in [2.05, 4.69) is 12.1 Å². The molecular formula is C24H23NO3. The van der Waals surface area contributed by atoms with E-state index in [-0.39, 0.29) is 12.5 Å². The third-order valence-corrected chi connectivity index (χ3v) is 4.44. The maximum Gasteiger partial charge on any atom is 0.260 e.